The molecule has 3 aromatic rings. The molecule has 9 nitrogen and oxygen atoms in total. The summed E-state index contributed by atoms with van der Waals surface area (Å²) in [6.45, 7) is 6.98. The van der Waals surface area contributed by atoms with Crippen LogP contribution in [0.5, 0.6) is 11.6 Å². The Morgan fingerprint density at radius 2 is 1.73 bits per heavy atom. The average molecular weight is 473 g/mol. The van der Waals surface area contributed by atoms with Gasteiger partial charge in [-0.2, -0.15) is 17.4 Å². The van der Waals surface area contributed by atoms with Gasteiger partial charge in [0, 0.05) is 41.4 Å². The summed E-state index contributed by atoms with van der Waals surface area (Å²) < 4.78 is 35.1. The number of carboxylic acid groups (broad SMARTS) is 1. The summed E-state index contributed by atoms with van der Waals surface area (Å²) in [6, 6.07) is 8.51. The van der Waals surface area contributed by atoms with Gasteiger partial charge in [0.1, 0.15) is 11.8 Å². The minimum atomic E-state index is -3.99. The molecule has 0 radical (unpaired) electrons. The van der Waals surface area contributed by atoms with E-state index in [4.69, 9.17) is 4.74 Å². The Kier molecular flexibility index (Phi) is 7.62. The van der Waals surface area contributed by atoms with Gasteiger partial charge in [-0.05, 0) is 63.9 Å². The van der Waals surface area contributed by atoms with Gasteiger partial charge in [-0.25, -0.2) is 4.98 Å². The summed E-state index contributed by atoms with van der Waals surface area (Å²) >= 11 is 0. The largest absolute Gasteiger partial charge is 0.480 e. The first-order valence-electron chi connectivity index (χ1n) is 10.6. The van der Waals surface area contributed by atoms with E-state index in [1.807, 2.05) is 12.1 Å². The molecule has 1 aromatic carbocycles. The topological polar surface area (TPSA) is 122 Å². The van der Waals surface area contributed by atoms with Crippen LogP contribution in [0.1, 0.15) is 33.3 Å². The summed E-state index contributed by atoms with van der Waals surface area (Å²) in [5.74, 6) is -0.296. The average Bonchev–Trinajstić information content (AvgIpc) is 2.73. The van der Waals surface area contributed by atoms with Crippen molar-refractivity contribution in [2.45, 2.75) is 52.2 Å². The molecule has 0 bridgehead atoms. The van der Waals surface area contributed by atoms with Crippen LogP contribution in [0.15, 0.2) is 55.0 Å². The van der Waals surface area contributed by atoms with Crippen molar-refractivity contribution in [2.24, 2.45) is 0 Å². The number of nitrogens with one attached hydrogen (secondary N) is 1. The van der Waals surface area contributed by atoms with Crippen molar-refractivity contribution >= 4 is 27.0 Å². The summed E-state index contributed by atoms with van der Waals surface area (Å²) in [5.41, 5.74) is 0.646. The van der Waals surface area contributed by atoms with Crippen LogP contribution < -0.4 is 9.46 Å². The third kappa shape index (κ3) is 6.04. The second-order valence-electron chi connectivity index (χ2n) is 8.19. The Balaban J connectivity index is 1.75. The predicted molar refractivity (Wildman–Crippen MR) is 125 cm³/mol. The number of nitrogens with zero attached hydrogens (tertiary/aromatic N) is 3. The van der Waals surface area contributed by atoms with Crippen LogP contribution in [0.25, 0.3) is 10.8 Å². The Morgan fingerprint density at radius 3 is 2.33 bits per heavy atom. The first kappa shape index (κ1) is 24.6. The van der Waals surface area contributed by atoms with Gasteiger partial charge < -0.3 is 9.84 Å². The van der Waals surface area contributed by atoms with Gasteiger partial charge >= 0.3 is 5.97 Å². The van der Waals surface area contributed by atoms with Gasteiger partial charge in [-0.15, -0.1) is 0 Å². The molecular weight excluding hydrogens is 444 g/mol. The molecule has 0 aliphatic carbocycles. The molecule has 0 unspecified atom stereocenters. The Hall–Kier alpha value is -3.08. The number of ether oxygens (including phenoxy) is 1. The molecule has 3 rings (SSSR count). The van der Waals surface area contributed by atoms with E-state index in [9.17, 15) is 18.3 Å². The van der Waals surface area contributed by atoms with Gasteiger partial charge in [-0.1, -0.05) is 12.1 Å². The molecule has 10 heteroatoms. The molecule has 2 heterocycles. The molecule has 0 aliphatic rings. The van der Waals surface area contributed by atoms with Gasteiger partial charge in [0.05, 0.1) is 0 Å². The van der Waals surface area contributed by atoms with Crippen LogP contribution in [-0.4, -0.2) is 51.9 Å². The zero-order valence-electron chi connectivity index (χ0n) is 19.0. The van der Waals surface area contributed by atoms with E-state index < -0.39 is 22.2 Å². The van der Waals surface area contributed by atoms with E-state index in [-0.39, 0.29) is 18.5 Å². The molecule has 0 amide bonds. The lowest BCUT2D eigenvalue weighted by Gasteiger charge is -2.30. The Labute approximate surface area is 193 Å². The van der Waals surface area contributed by atoms with E-state index >= 15 is 0 Å². The second kappa shape index (κ2) is 10.2. The second-order valence-corrected chi connectivity index (χ2v) is 9.80. The summed E-state index contributed by atoms with van der Waals surface area (Å²) in [4.78, 5) is 20.2. The van der Waals surface area contributed by atoms with Crippen molar-refractivity contribution in [3.05, 3.63) is 60.6 Å². The smallest absolute Gasteiger partial charge is 0.322 e. The number of rotatable bonds is 10. The van der Waals surface area contributed by atoms with Crippen molar-refractivity contribution in [1.82, 2.24) is 19.0 Å². The Bertz CT molecular complexity index is 1200. The van der Waals surface area contributed by atoms with Gasteiger partial charge in [0.25, 0.3) is 10.2 Å². The lowest BCUT2D eigenvalue weighted by Crippen LogP contribution is -2.53. The van der Waals surface area contributed by atoms with Crippen LogP contribution in [-0.2, 0) is 21.4 Å². The van der Waals surface area contributed by atoms with Crippen LogP contribution in [0, 0.1) is 0 Å². The number of fused-ring (bicyclic) bond motifs is 1. The van der Waals surface area contributed by atoms with E-state index in [1.165, 1.54) is 4.31 Å². The van der Waals surface area contributed by atoms with E-state index in [1.54, 1.807) is 70.6 Å². The van der Waals surface area contributed by atoms with Gasteiger partial charge in [-0.3, -0.25) is 9.78 Å². The number of aromatic nitrogens is 2. The lowest BCUT2D eigenvalue weighted by molar-refractivity contribution is -0.139. The minimum Gasteiger partial charge on any atom is -0.480 e. The molecule has 0 aliphatic heterocycles. The first-order chi connectivity index (χ1) is 15.6. The molecule has 1 atom stereocenters. The fourth-order valence-electron chi connectivity index (χ4n) is 3.68. The zero-order valence-corrected chi connectivity index (χ0v) is 19.8. The minimum absolute atomic E-state index is 0.0168. The van der Waals surface area contributed by atoms with Gasteiger partial charge in [0.15, 0.2) is 0 Å². The standard InChI is InChI=1S/C23H28N4O5S/c1-15(2)27(16(3)4)33(30,31)26-21(23(28)29)13-17-5-7-19(8-6-17)32-22-20-10-11-24-14-18(20)9-12-25-22/h5-12,14-16,21,26H,13H2,1-4H3,(H,28,29)/t21-/m0/s1. The quantitative estimate of drug-likeness (QED) is 0.464. The lowest BCUT2D eigenvalue weighted by atomic mass is 10.1. The highest BCUT2D eigenvalue weighted by atomic mass is 32.2. The maximum Gasteiger partial charge on any atom is 0.322 e. The van der Waals surface area contributed by atoms with Crippen LogP contribution in [0.2, 0.25) is 0 Å². The highest BCUT2D eigenvalue weighted by Crippen LogP contribution is 2.27. The van der Waals surface area contributed by atoms with E-state index in [0.29, 0.717) is 17.2 Å². The number of aliphatic carboxylic acids is 1. The monoisotopic (exact) mass is 472 g/mol. The molecule has 0 saturated carbocycles. The van der Waals surface area contributed by atoms with E-state index in [2.05, 4.69) is 14.7 Å². The highest BCUT2D eigenvalue weighted by molar-refractivity contribution is 7.87. The molecule has 2 N–H and O–H groups in total. The van der Waals surface area contributed by atoms with Crippen LogP contribution in [0.4, 0.5) is 0 Å². The number of carboxylic acids is 1. The van der Waals surface area contributed by atoms with Crippen molar-refractivity contribution in [3.8, 4) is 11.6 Å². The van der Waals surface area contributed by atoms with Crippen molar-refractivity contribution in [2.75, 3.05) is 0 Å². The number of hydrogen-bond acceptors (Lipinski definition) is 6. The highest BCUT2D eigenvalue weighted by Gasteiger charge is 2.32. The predicted octanol–water partition coefficient (Wildman–Crippen LogP) is 3.37. The third-order valence-electron chi connectivity index (χ3n) is 4.99. The number of carbonyl (C=O) groups is 1. The maximum absolute atomic E-state index is 12.8. The molecule has 2 aromatic heterocycles. The molecular formula is C23H28N4O5S. The first-order valence-corrected chi connectivity index (χ1v) is 12.0. The van der Waals surface area contributed by atoms with Gasteiger partial charge in [0.2, 0.25) is 5.88 Å². The SMILES string of the molecule is CC(C)N(C(C)C)S(=O)(=O)N[C@@H](Cc1ccc(Oc2nccc3cnccc23)cc1)C(=O)O. The third-order valence-corrected chi connectivity index (χ3v) is 6.97. The Morgan fingerprint density at radius 1 is 1.06 bits per heavy atom. The molecule has 0 fully saturated rings. The maximum atomic E-state index is 12.8. The molecule has 0 saturated heterocycles. The molecule has 176 valence electrons. The fourth-order valence-corrected chi connectivity index (χ4v) is 5.46. The van der Waals surface area contributed by atoms with Crippen LogP contribution in [0.3, 0.4) is 0 Å². The zero-order chi connectivity index (χ0) is 24.2. The van der Waals surface area contributed by atoms with Crippen molar-refractivity contribution in [3.63, 3.8) is 0 Å². The summed E-state index contributed by atoms with van der Waals surface area (Å²) in [7, 11) is -3.99. The van der Waals surface area contributed by atoms with E-state index in [0.717, 1.165) is 10.8 Å². The summed E-state index contributed by atoms with van der Waals surface area (Å²) in [5, 5.41) is 11.3. The fraction of sp³-hybridized carbons (Fsp3) is 0.348. The number of benzene rings is 1. The molecule has 33 heavy (non-hydrogen) atoms. The number of pyridine rings is 2. The molecule has 0 spiro atoms. The van der Waals surface area contributed by atoms with Crippen molar-refractivity contribution in [1.29, 1.82) is 0 Å². The number of hydrogen-bond donors (Lipinski definition) is 2. The summed E-state index contributed by atoms with van der Waals surface area (Å²) in [6.07, 6.45) is 5.00. The van der Waals surface area contributed by atoms with Crippen LogP contribution >= 0.6 is 0 Å². The van der Waals surface area contributed by atoms with Crippen molar-refractivity contribution < 1.29 is 23.1 Å². The normalized spacial score (nSPS) is 13.1.